The van der Waals surface area contributed by atoms with E-state index >= 15 is 0 Å². The van der Waals surface area contributed by atoms with Crippen molar-refractivity contribution < 1.29 is 9.53 Å². The molecule has 1 amide bonds. The zero-order valence-electron chi connectivity index (χ0n) is 12.8. The van der Waals surface area contributed by atoms with Gasteiger partial charge in [0, 0.05) is 30.6 Å². The second-order valence-electron chi connectivity index (χ2n) is 6.40. The summed E-state index contributed by atoms with van der Waals surface area (Å²) >= 11 is 5.28. The predicted molar refractivity (Wildman–Crippen MR) is 89.7 cm³/mol. The first-order chi connectivity index (χ1) is 9.82. The molecule has 0 aromatic carbocycles. The van der Waals surface area contributed by atoms with E-state index in [-0.39, 0.29) is 12.1 Å². The Hall–Kier alpha value is -0.590. The van der Waals surface area contributed by atoms with Crippen LogP contribution in [-0.2, 0) is 11.3 Å². The van der Waals surface area contributed by atoms with E-state index in [0.29, 0.717) is 0 Å². The largest absolute Gasteiger partial charge is 0.444 e. The third-order valence-corrected chi connectivity index (χ3v) is 4.93. The average Bonchev–Trinajstić information content (AvgIpc) is 2.75. The third-order valence-electron chi connectivity index (χ3n) is 3.32. The maximum Gasteiger partial charge on any atom is 0.407 e. The maximum atomic E-state index is 11.8. The van der Waals surface area contributed by atoms with Crippen LogP contribution in [-0.4, -0.2) is 35.7 Å². The molecule has 2 rings (SSSR count). The maximum absolute atomic E-state index is 11.8. The minimum Gasteiger partial charge on any atom is -0.444 e. The molecule has 0 unspecified atom stereocenters. The van der Waals surface area contributed by atoms with Crippen LogP contribution in [0.2, 0.25) is 0 Å². The number of thiophene rings is 1. The van der Waals surface area contributed by atoms with Crippen LogP contribution in [0.25, 0.3) is 0 Å². The van der Waals surface area contributed by atoms with Gasteiger partial charge in [-0.3, -0.25) is 4.90 Å². The second-order valence-corrected chi connectivity index (χ2v) is 8.95. The molecule has 1 saturated heterocycles. The molecule has 21 heavy (non-hydrogen) atoms. The van der Waals surface area contributed by atoms with Gasteiger partial charge in [-0.1, -0.05) is 0 Å². The van der Waals surface area contributed by atoms with Crippen LogP contribution >= 0.6 is 27.3 Å². The number of rotatable bonds is 3. The molecule has 1 N–H and O–H groups in total. The summed E-state index contributed by atoms with van der Waals surface area (Å²) < 4.78 is 6.48. The number of carbonyl (C=O) groups excluding carboxylic acids is 1. The highest BCUT2D eigenvalue weighted by atomic mass is 79.9. The van der Waals surface area contributed by atoms with Crippen LogP contribution in [0.1, 0.15) is 38.5 Å². The van der Waals surface area contributed by atoms with E-state index in [4.69, 9.17) is 4.74 Å². The van der Waals surface area contributed by atoms with Crippen molar-refractivity contribution in [3.8, 4) is 0 Å². The molecule has 1 aromatic rings. The monoisotopic (exact) mass is 374 g/mol. The van der Waals surface area contributed by atoms with Crippen LogP contribution in [0.3, 0.4) is 0 Å². The first-order valence-corrected chi connectivity index (χ1v) is 8.89. The van der Waals surface area contributed by atoms with Gasteiger partial charge < -0.3 is 10.1 Å². The van der Waals surface area contributed by atoms with Gasteiger partial charge in [0.15, 0.2) is 0 Å². The Balaban J connectivity index is 1.72. The third kappa shape index (κ3) is 5.96. The number of piperidine rings is 1. The molecule has 1 aliphatic heterocycles. The molecule has 6 heteroatoms. The zero-order valence-corrected chi connectivity index (χ0v) is 15.2. The summed E-state index contributed by atoms with van der Waals surface area (Å²) in [6, 6.07) is 4.49. The van der Waals surface area contributed by atoms with Gasteiger partial charge in [0.25, 0.3) is 0 Å². The lowest BCUT2D eigenvalue weighted by atomic mass is 10.1. The molecule has 118 valence electrons. The van der Waals surface area contributed by atoms with Crippen molar-refractivity contribution in [1.29, 1.82) is 0 Å². The number of amides is 1. The van der Waals surface area contributed by atoms with Crippen molar-refractivity contribution in [1.82, 2.24) is 10.2 Å². The van der Waals surface area contributed by atoms with Crippen molar-refractivity contribution in [2.24, 2.45) is 0 Å². The topological polar surface area (TPSA) is 41.6 Å². The number of nitrogens with zero attached hydrogens (tertiary/aromatic N) is 1. The highest BCUT2D eigenvalue weighted by molar-refractivity contribution is 9.11. The molecule has 0 atom stereocenters. The van der Waals surface area contributed by atoms with Crippen molar-refractivity contribution in [2.45, 2.75) is 51.8 Å². The summed E-state index contributed by atoms with van der Waals surface area (Å²) in [7, 11) is 0. The van der Waals surface area contributed by atoms with Gasteiger partial charge in [0.05, 0.1) is 3.79 Å². The van der Waals surface area contributed by atoms with Crippen LogP contribution in [0.15, 0.2) is 15.9 Å². The predicted octanol–water partition coefficient (Wildman–Crippen LogP) is 4.00. The number of ether oxygens (including phenoxy) is 1. The SMILES string of the molecule is CC(C)(C)OC(=O)NC1CCN(Cc2ccc(Br)s2)CC1. The first-order valence-electron chi connectivity index (χ1n) is 7.28. The Morgan fingerprint density at radius 1 is 1.43 bits per heavy atom. The van der Waals surface area contributed by atoms with E-state index in [1.165, 1.54) is 8.66 Å². The minimum atomic E-state index is -0.433. The smallest absolute Gasteiger partial charge is 0.407 e. The van der Waals surface area contributed by atoms with Crippen molar-refractivity contribution in [2.75, 3.05) is 13.1 Å². The average molecular weight is 375 g/mol. The fraction of sp³-hybridized carbons (Fsp3) is 0.667. The lowest BCUT2D eigenvalue weighted by molar-refractivity contribution is 0.0477. The minimum absolute atomic E-state index is 0.228. The Labute approximate surface area is 139 Å². The Morgan fingerprint density at radius 2 is 2.10 bits per heavy atom. The zero-order chi connectivity index (χ0) is 15.5. The highest BCUT2D eigenvalue weighted by Gasteiger charge is 2.23. The van der Waals surface area contributed by atoms with Gasteiger partial charge in [0.2, 0.25) is 0 Å². The molecular weight excluding hydrogens is 352 g/mol. The number of halogens is 1. The van der Waals surface area contributed by atoms with Crippen LogP contribution in [0.4, 0.5) is 4.79 Å². The van der Waals surface area contributed by atoms with Crippen LogP contribution < -0.4 is 5.32 Å². The van der Waals surface area contributed by atoms with Gasteiger partial charge in [0.1, 0.15) is 5.60 Å². The Morgan fingerprint density at radius 3 is 2.62 bits per heavy atom. The summed E-state index contributed by atoms with van der Waals surface area (Å²) in [5, 5.41) is 2.97. The molecule has 1 fully saturated rings. The standard InChI is InChI=1S/C15H23BrN2O2S/c1-15(2,3)20-14(19)17-11-6-8-18(9-7-11)10-12-4-5-13(16)21-12/h4-5,11H,6-10H2,1-3H3,(H,17,19). The van der Waals surface area contributed by atoms with Crippen LogP contribution in [0.5, 0.6) is 0 Å². The van der Waals surface area contributed by atoms with Crippen molar-refractivity contribution in [3.63, 3.8) is 0 Å². The Kier molecular flexibility index (Phi) is 5.68. The van der Waals surface area contributed by atoms with Crippen LogP contribution in [0, 0.1) is 0 Å². The Bertz CT molecular complexity index is 476. The lowest BCUT2D eigenvalue weighted by Gasteiger charge is -2.32. The summed E-state index contributed by atoms with van der Waals surface area (Å²) in [5.41, 5.74) is -0.433. The molecule has 2 heterocycles. The van der Waals surface area contributed by atoms with Gasteiger partial charge in [-0.15, -0.1) is 11.3 Å². The number of alkyl carbamates (subject to hydrolysis) is 1. The molecule has 1 aliphatic rings. The number of hydrogen-bond acceptors (Lipinski definition) is 4. The van der Waals surface area contributed by atoms with Gasteiger partial charge in [-0.05, 0) is 61.7 Å². The summed E-state index contributed by atoms with van der Waals surface area (Å²) in [4.78, 5) is 15.6. The van der Waals surface area contributed by atoms with Gasteiger partial charge in [-0.25, -0.2) is 4.79 Å². The molecule has 0 aliphatic carbocycles. The number of likely N-dealkylation sites (tertiary alicyclic amines) is 1. The van der Waals surface area contributed by atoms with E-state index in [9.17, 15) is 4.79 Å². The molecule has 0 spiro atoms. The molecule has 0 bridgehead atoms. The molecule has 1 aromatic heterocycles. The fourth-order valence-electron chi connectivity index (χ4n) is 2.37. The van der Waals surface area contributed by atoms with Gasteiger partial charge in [-0.2, -0.15) is 0 Å². The summed E-state index contributed by atoms with van der Waals surface area (Å²) in [5.74, 6) is 0. The highest BCUT2D eigenvalue weighted by Crippen LogP contribution is 2.24. The van der Waals surface area contributed by atoms with E-state index in [1.807, 2.05) is 20.8 Å². The van der Waals surface area contributed by atoms with Gasteiger partial charge >= 0.3 is 6.09 Å². The summed E-state index contributed by atoms with van der Waals surface area (Å²) in [6.45, 7) is 8.67. The van der Waals surface area contributed by atoms with E-state index in [1.54, 1.807) is 11.3 Å². The molecule has 0 saturated carbocycles. The lowest BCUT2D eigenvalue weighted by Crippen LogP contribution is -2.45. The van der Waals surface area contributed by atoms with Crippen molar-refractivity contribution >= 4 is 33.4 Å². The van der Waals surface area contributed by atoms with E-state index in [2.05, 4.69) is 38.3 Å². The molecule has 0 radical (unpaired) electrons. The normalized spacial score (nSPS) is 17.7. The second kappa shape index (κ2) is 7.11. The first kappa shape index (κ1) is 16.8. The van der Waals surface area contributed by atoms with E-state index < -0.39 is 5.60 Å². The van der Waals surface area contributed by atoms with Crippen molar-refractivity contribution in [3.05, 3.63) is 20.8 Å². The molecular formula is C15H23BrN2O2S. The quantitative estimate of drug-likeness (QED) is 0.868. The number of hydrogen-bond donors (Lipinski definition) is 1. The summed E-state index contributed by atoms with van der Waals surface area (Å²) in [6.07, 6.45) is 1.65. The van der Waals surface area contributed by atoms with E-state index in [0.717, 1.165) is 32.5 Å². The molecule has 4 nitrogen and oxygen atoms in total. The number of nitrogens with one attached hydrogen (secondary N) is 1. The fourth-order valence-corrected chi connectivity index (χ4v) is 3.89. The number of carbonyl (C=O) groups is 1.